The Bertz CT molecular complexity index is 489. The molecule has 4 aliphatic carbocycles. The van der Waals surface area contributed by atoms with Crippen molar-refractivity contribution in [3.63, 3.8) is 0 Å². The van der Waals surface area contributed by atoms with Crippen molar-refractivity contribution < 1.29 is 15.0 Å². The Labute approximate surface area is 133 Å². The predicted molar refractivity (Wildman–Crippen MR) is 84.1 cm³/mol. The normalized spacial score (nSPS) is 57.9. The van der Waals surface area contributed by atoms with E-state index in [0.717, 1.165) is 32.1 Å². The number of aliphatic hydroxyl groups is 2. The van der Waals surface area contributed by atoms with Crippen LogP contribution < -0.4 is 0 Å². The molecule has 2 N–H and O–H groups in total. The molecule has 124 valence electrons. The highest BCUT2D eigenvalue weighted by Crippen LogP contribution is 2.65. The molecule has 0 spiro atoms. The van der Waals surface area contributed by atoms with Crippen LogP contribution in [0.2, 0.25) is 0 Å². The Balaban J connectivity index is 1.64. The van der Waals surface area contributed by atoms with Crippen LogP contribution in [0.5, 0.6) is 0 Å². The molecule has 0 bridgehead atoms. The number of hydrogen-bond acceptors (Lipinski definition) is 3. The molecule has 0 aromatic carbocycles. The number of hydrogen-bond donors (Lipinski definition) is 2. The smallest absolute Gasteiger partial charge is 0.167 e. The summed E-state index contributed by atoms with van der Waals surface area (Å²) in [5.41, 5.74) is 0.0814. The first kappa shape index (κ1) is 15.1. The van der Waals surface area contributed by atoms with Gasteiger partial charge in [-0.2, -0.15) is 0 Å². The van der Waals surface area contributed by atoms with E-state index in [1.54, 1.807) is 0 Å². The molecule has 3 nitrogen and oxygen atoms in total. The van der Waals surface area contributed by atoms with Gasteiger partial charge in [0.2, 0.25) is 0 Å². The van der Waals surface area contributed by atoms with Gasteiger partial charge in [0.25, 0.3) is 0 Å². The maximum absolute atomic E-state index is 12.5. The fourth-order valence-electron chi connectivity index (χ4n) is 7.02. The average Bonchev–Trinajstić information content (AvgIpc) is 2.72. The monoisotopic (exact) mass is 306 g/mol. The van der Waals surface area contributed by atoms with Crippen LogP contribution in [-0.4, -0.2) is 28.2 Å². The van der Waals surface area contributed by atoms with E-state index in [4.69, 9.17) is 0 Å². The van der Waals surface area contributed by atoms with Crippen LogP contribution >= 0.6 is 0 Å². The molecule has 8 atom stereocenters. The van der Waals surface area contributed by atoms with Crippen molar-refractivity contribution in [1.29, 1.82) is 0 Å². The van der Waals surface area contributed by atoms with Crippen LogP contribution in [-0.2, 0) is 4.79 Å². The van der Waals surface area contributed by atoms with Gasteiger partial charge in [-0.15, -0.1) is 0 Å². The molecule has 0 amide bonds. The lowest BCUT2D eigenvalue weighted by Gasteiger charge is -2.59. The SMILES string of the molecule is C[C@]12CC[C@@H](O)CC1CCC1C2CC[C@]2(C)C(=O)[C@H](O)CC12. The summed E-state index contributed by atoms with van der Waals surface area (Å²) in [7, 11) is 0. The Morgan fingerprint density at radius 2 is 1.73 bits per heavy atom. The lowest BCUT2D eigenvalue weighted by atomic mass is 9.45. The minimum Gasteiger partial charge on any atom is -0.393 e. The Morgan fingerprint density at radius 3 is 2.50 bits per heavy atom. The molecule has 0 aromatic heterocycles. The first-order chi connectivity index (χ1) is 10.4. The van der Waals surface area contributed by atoms with Gasteiger partial charge in [-0.1, -0.05) is 13.8 Å². The highest BCUT2D eigenvalue weighted by molar-refractivity contribution is 5.91. The van der Waals surface area contributed by atoms with E-state index in [2.05, 4.69) is 13.8 Å². The zero-order valence-electron chi connectivity index (χ0n) is 13.9. The van der Waals surface area contributed by atoms with Crippen LogP contribution in [0.15, 0.2) is 0 Å². The summed E-state index contributed by atoms with van der Waals surface area (Å²) in [6.07, 6.45) is 7.43. The quantitative estimate of drug-likeness (QED) is 0.723. The molecule has 0 aliphatic heterocycles. The van der Waals surface area contributed by atoms with Gasteiger partial charge >= 0.3 is 0 Å². The lowest BCUT2D eigenvalue weighted by molar-refractivity contribution is -0.144. The number of aliphatic hydroxyl groups excluding tert-OH is 2. The first-order valence-corrected chi connectivity index (χ1v) is 9.26. The summed E-state index contributed by atoms with van der Waals surface area (Å²) in [5, 5.41) is 20.2. The molecular weight excluding hydrogens is 276 g/mol. The number of ketones is 1. The molecule has 0 aromatic rings. The predicted octanol–water partition coefficient (Wildman–Crippen LogP) is 2.93. The van der Waals surface area contributed by atoms with Gasteiger partial charge in [0.15, 0.2) is 5.78 Å². The minimum atomic E-state index is -0.715. The van der Waals surface area contributed by atoms with Crippen molar-refractivity contribution in [3.05, 3.63) is 0 Å². The summed E-state index contributed by atoms with van der Waals surface area (Å²) in [4.78, 5) is 12.5. The Hall–Kier alpha value is -0.410. The topological polar surface area (TPSA) is 57.5 Å². The fourth-order valence-corrected chi connectivity index (χ4v) is 7.02. The average molecular weight is 306 g/mol. The van der Waals surface area contributed by atoms with Crippen molar-refractivity contribution in [1.82, 2.24) is 0 Å². The van der Waals surface area contributed by atoms with E-state index >= 15 is 0 Å². The van der Waals surface area contributed by atoms with Crippen LogP contribution in [0.1, 0.15) is 65.2 Å². The molecule has 4 aliphatic rings. The Kier molecular flexibility index (Phi) is 3.30. The third-order valence-electron chi connectivity index (χ3n) is 8.37. The summed E-state index contributed by atoms with van der Waals surface area (Å²) < 4.78 is 0. The van der Waals surface area contributed by atoms with E-state index in [1.807, 2.05) is 0 Å². The van der Waals surface area contributed by atoms with Crippen LogP contribution in [0.3, 0.4) is 0 Å². The summed E-state index contributed by atoms with van der Waals surface area (Å²) in [6.45, 7) is 4.57. The number of rotatable bonds is 0. The van der Waals surface area contributed by atoms with Gasteiger partial charge in [-0.3, -0.25) is 4.79 Å². The van der Waals surface area contributed by atoms with Gasteiger partial charge in [-0.25, -0.2) is 0 Å². The highest BCUT2D eigenvalue weighted by Gasteiger charge is 2.62. The molecule has 4 fully saturated rings. The highest BCUT2D eigenvalue weighted by atomic mass is 16.3. The number of fused-ring (bicyclic) bond motifs is 5. The van der Waals surface area contributed by atoms with Crippen molar-refractivity contribution in [3.8, 4) is 0 Å². The van der Waals surface area contributed by atoms with E-state index in [1.165, 1.54) is 12.8 Å². The largest absolute Gasteiger partial charge is 0.393 e. The first-order valence-electron chi connectivity index (χ1n) is 9.26. The zero-order chi connectivity index (χ0) is 15.7. The fraction of sp³-hybridized carbons (Fsp3) is 0.947. The second kappa shape index (κ2) is 4.80. The van der Waals surface area contributed by atoms with Gasteiger partial charge < -0.3 is 10.2 Å². The van der Waals surface area contributed by atoms with Gasteiger partial charge in [-0.05, 0) is 80.5 Å². The van der Waals surface area contributed by atoms with Crippen LogP contribution in [0, 0.1) is 34.5 Å². The van der Waals surface area contributed by atoms with Gasteiger partial charge in [0.05, 0.1) is 6.10 Å². The number of Topliss-reactive ketones (excluding diaryl/α,β-unsaturated/α-hetero) is 1. The Morgan fingerprint density at radius 1 is 0.955 bits per heavy atom. The van der Waals surface area contributed by atoms with Gasteiger partial charge in [0.1, 0.15) is 6.10 Å². The summed E-state index contributed by atoms with van der Waals surface area (Å²) in [5.74, 6) is 2.45. The molecule has 4 rings (SSSR count). The van der Waals surface area contributed by atoms with Crippen molar-refractivity contribution in [2.75, 3.05) is 0 Å². The molecule has 22 heavy (non-hydrogen) atoms. The third kappa shape index (κ3) is 1.84. The second-order valence-electron chi connectivity index (χ2n) is 9.16. The molecule has 3 heteroatoms. The number of carbonyl (C=O) groups excluding carboxylic acids is 1. The van der Waals surface area contributed by atoms with E-state index in [9.17, 15) is 15.0 Å². The van der Waals surface area contributed by atoms with E-state index in [-0.39, 0.29) is 17.3 Å². The lowest BCUT2D eigenvalue weighted by Crippen LogP contribution is -2.54. The third-order valence-corrected chi connectivity index (χ3v) is 8.37. The van der Waals surface area contributed by atoms with Crippen LogP contribution in [0.4, 0.5) is 0 Å². The van der Waals surface area contributed by atoms with Gasteiger partial charge in [0, 0.05) is 5.41 Å². The molecular formula is C19H30O3. The number of carbonyl (C=O) groups is 1. The molecule has 0 radical (unpaired) electrons. The second-order valence-corrected chi connectivity index (χ2v) is 9.16. The standard InChI is InChI=1S/C19H30O3/c1-18-7-5-12(20)9-11(18)3-4-13-14(18)6-8-19(2)15(13)10-16(21)17(19)22/h11-16,20-21H,3-10H2,1-2H3/t11?,12-,13?,14?,15?,16-,18+,19+/m1/s1. The van der Waals surface area contributed by atoms with Crippen molar-refractivity contribution in [2.24, 2.45) is 34.5 Å². The molecule has 4 saturated carbocycles. The van der Waals surface area contributed by atoms with E-state index < -0.39 is 6.10 Å². The zero-order valence-corrected chi connectivity index (χ0v) is 13.9. The summed E-state index contributed by atoms with van der Waals surface area (Å²) in [6, 6.07) is 0. The molecule has 0 heterocycles. The maximum atomic E-state index is 12.5. The molecule has 4 unspecified atom stereocenters. The maximum Gasteiger partial charge on any atom is 0.167 e. The van der Waals surface area contributed by atoms with Crippen molar-refractivity contribution >= 4 is 5.78 Å². The summed E-state index contributed by atoms with van der Waals surface area (Å²) >= 11 is 0. The minimum absolute atomic E-state index is 0.0987. The van der Waals surface area contributed by atoms with Crippen LogP contribution in [0.25, 0.3) is 0 Å². The van der Waals surface area contributed by atoms with Crippen molar-refractivity contribution in [2.45, 2.75) is 77.4 Å². The van der Waals surface area contributed by atoms with E-state index in [0.29, 0.717) is 35.5 Å². The molecule has 0 saturated heterocycles.